The maximum atomic E-state index is 11.2. The van der Waals surface area contributed by atoms with Gasteiger partial charge in [0.1, 0.15) is 5.82 Å². The summed E-state index contributed by atoms with van der Waals surface area (Å²) in [4.78, 5) is 4.88. The number of ether oxygens (including phenoxy) is 1. The molecular weight excluding hydrogens is 1400 g/mol. The Hall–Kier alpha value is -10.2. The number of hydrogen-bond acceptors (Lipinski definition) is 2. The molecule has 5 nitrogen and oxygen atoms in total. The van der Waals surface area contributed by atoms with E-state index in [0.29, 0.717) is 39.2 Å². The van der Waals surface area contributed by atoms with E-state index in [2.05, 4.69) is 79.1 Å². The zero-order valence-corrected chi connectivity index (χ0v) is 58.3. The third-order valence-electron chi connectivity index (χ3n) is 19.7. The standard InChI is InChI=1S/C92H76N4OSi.Pt/c1-60-27-23-28-61(2)87(60)77-43-26-42-76-79-58-82-81(91(6,7)48-49-92(82,8)9)57-78(79)72-39-19-20-40-73(72)80-52-63(62-29-24-38-71(51-62)98(68-32-13-10-14-33-68,69-34-15-11-16-35-69)70-36-17-12-18-37-70)53-85-89(80)95(88(76)77)59-94(85)65-30-25-31-66(55-65)97-67-45-46-75-74-41-21-22-44-83(74)96(84(75)56-67)86-54-64(47-50-93-86)90(3,4)5;/h10-47,50-54,57-58H,48-49H2,1-9H3;/q-2;/i1D3,2D3,10D,11D,12D,13D,14D,15D,16D,17D,24D,29D,32D,33D,34D,35D,36D,37D,38D,51D;. The van der Waals surface area contributed by atoms with Crippen LogP contribution in [0.2, 0.25) is 0 Å². The van der Waals surface area contributed by atoms with Gasteiger partial charge in [0.05, 0.1) is 41.4 Å². The molecule has 12 aromatic carbocycles. The van der Waals surface area contributed by atoms with E-state index in [4.69, 9.17) is 13.8 Å². The maximum absolute atomic E-state index is 11.2. The zero-order chi connectivity index (χ0) is 87.5. The number of hydrogen-bond donors (Lipinski definition) is 0. The summed E-state index contributed by atoms with van der Waals surface area (Å²) in [5.41, 5.74) is 6.18. The van der Waals surface area contributed by atoms with E-state index in [1.54, 1.807) is 63.9 Å². The Morgan fingerprint density at radius 2 is 1.14 bits per heavy atom. The number of benzene rings is 12. The molecule has 0 fully saturated rings. The average molecular weight is 1500 g/mol. The van der Waals surface area contributed by atoms with Gasteiger partial charge in [0.15, 0.2) is 8.07 Å². The SMILES string of the molecule is [2H]c1cc([2H])c([Si](c2c([2H])c([2H])c([2H])c([2H])c2[2H])(c2c([2H])c([2H])c([2H])c([2H])c2[2H])c2c([2H])c([2H])c([2H])c(-c3cc4c5c(c3)n(-c3[c-]c(Oc6[c-]c7c(cc6)c6ccccc6n7-c6cc(C(C)(C)C)ccn6)ccc3)[c-][n+]5-c3c(cccc3-c3c(C([2H])([2H])[2H])cccc3C([2H])([2H])[2H])-c3cc5c(cc3-c3ccccc3-4)C(C)(C)CCC5(C)C)c2[2H])c([2H])c1[2H].[Pt]. The molecule has 15 aromatic rings. The molecular formula is C92H76N4OPtSi-2. The maximum Gasteiger partial charge on any atom is 0.268 e. The van der Waals surface area contributed by atoms with Crippen molar-refractivity contribution in [1.29, 1.82) is 0 Å². The fourth-order valence-electron chi connectivity index (χ4n) is 14.7. The minimum absolute atomic E-state index is 0. The van der Waals surface area contributed by atoms with Gasteiger partial charge in [0.2, 0.25) is 0 Å². The number of pyridine rings is 1. The molecule has 0 N–H and O–H groups in total. The number of aromatic nitrogens is 4. The molecule has 0 spiro atoms. The van der Waals surface area contributed by atoms with Crippen LogP contribution in [0.1, 0.15) is 122 Å². The number of fused-ring (bicyclic) bond motifs is 11. The predicted octanol–water partition coefficient (Wildman–Crippen LogP) is 19.9. The second-order valence-electron chi connectivity index (χ2n) is 27.5. The van der Waals surface area contributed by atoms with Gasteiger partial charge in [-0.3, -0.25) is 4.57 Å². The molecule has 99 heavy (non-hydrogen) atoms. The van der Waals surface area contributed by atoms with E-state index in [1.165, 1.54) is 18.2 Å². The van der Waals surface area contributed by atoms with Crippen molar-refractivity contribution < 1.29 is 63.3 Å². The summed E-state index contributed by atoms with van der Waals surface area (Å²) in [5.74, 6) is 1.03. The molecule has 0 amide bonds. The van der Waals surface area contributed by atoms with Gasteiger partial charge < -0.3 is 13.9 Å². The smallest absolute Gasteiger partial charge is 0.268 e. The quantitative estimate of drug-likeness (QED) is 0.0592. The first-order valence-electron chi connectivity index (χ1n) is 44.5. The minimum Gasteiger partial charge on any atom is -0.510 e. The number of para-hydroxylation sites is 2. The van der Waals surface area contributed by atoms with Crippen molar-refractivity contribution in [3.63, 3.8) is 0 Å². The van der Waals surface area contributed by atoms with E-state index in [9.17, 15) is 28.8 Å². The topological polar surface area (TPSA) is 35.9 Å². The van der Waals surface area contributed by atoms with Gasteiger partial charge in [-0.25, -0.2) is 4.98 Å². The first kappa shape index (κ1) is 41.9. The number of rotatable bonds is 10. The number of imidazole rings is 1. The Balaban J connectivity index is 0.0000112. The van der Waals surface area contributed by atoms with Crippen molar-refractivity contribution in [1.82, 2.24) is 14.1 Å². The van der Waals surface area contributed by atoms with Gasteiger partial charge in [-0.2, -0.15) is 18.2 Å². The van der Waals surface area contributed by atoms with E-state index in [1.807, 2.05) is 77.4 Å². The number of nitrogens with zero attached hydrogens (tertiary/aromatic N) is 4. The van der Waals surface area contributed by atoms with Gasteiger partial charge in [0, 0.05) is 52.5 Å². The fourth-order valence-corrected chi connectivity index (χ4v) is 18.3. The summed E-state index contributed by atoms with van der Waals surface area (Å²) < 4.78 is 243. The van der Waals surface area contributed by atoms with Gasteiger partial charge >= 0.3 is 0 Å². The molecule has 4 heterocycles. The molecule has 2 aliphatic rings. The van der Waals surface area contributed by atoms with Crippen LogP contribution >= 0.6 is 0 Å². The molecule has 17 rings (SSSR count). The normalized spacial score (nSPS) is 17.4. The molecule has 0 radical (unpaired) electrons. The molecule has 486 valence electrons. The Morgan fingerprint density at radius 1 is 0.525 bits per heavy atom. The van der Waals surface area contributed by atoms with Crippen molar-refractivity contribution in [3.8, 4) is 84.3 Å². The van der Waals surface area contributed by atoms with Crippen LogP contribution in [-0.4, -0.2) is 22.2 Å². The van der Waals surface area contributed by atoms with Crippen LogP contribution < -0.4 is 30.1 Å². The molecule has 1 aliphatic heterocycles. The van der Waals surface area contributed by atoms with E-state index in [-0.39, 0.29) is 93.8 Å². The first-order chi connectivity index (χ1) is 57.4. The van der Waals surface area contributed by atoms with Crippen LogP contribution in [0.25, 0.3) is 106 Å². The monoisotopic (exact) mass is 1500 g/mol. The van der Waals surface area contributed by atoms with Crippen molar-refractivity contribution in [3.05, 3.63) is 319 Å². The van der Waals surface area contributed by atoms with E-state index < -0.39 is 168 Å². The zero-order valence-electron chi connectivity index (χ0n) is 79.0. The first-order valence-corrected chi connectivity index (χ1v) is 34.5. The second-order valence-corrected chi connectivity index (χ2v) is 31.0. The summed E-state index contributed by atoms with van der Waals surface area (Å²) in [7, 11) is -6.26. The van der Waals surface area contributed by atoms with Gasteiger partial charge in [-0.1, -0.05) is 260 Å². The molecule has 7 heteroatoms. The molecule has 0 saturated carbocycles. The summed E-state index contributed by atoms with van der Waals surface area (Å²) in [6.07, 6.45) is 7.04. The molecule has 0 atom stereocenters. The molecule has 3 aromatic heterocycles. The minimum atomic E-state index is -6.26. The van der Waals surface area contributed by atoms with Gasteiger partial charge in [-0.15, -0.1) is 29.7 Å². The molecule has 0 saturated heterocycles. The summed E-state index contributed by atoms with van der Waals surface area (Å²) >= 11 is 0. The van der Waals surface area contributed by atoms with Crippen molar-refractivity contribution in [2.24, 2.45) is 0 Å². The Bertz CT molecular complexity index is 6920. The third-order valence-corrected chi connectivity index (χ3v) is 23.7. The van der Waals surface area contributed by atoms with Crippen LogP contribution in [-0.2, 0) is 37.3 Å². The van der Waals surface area contributed by atoms with Gasteiger partial charge in [0.25, 0.3) is 6.33 Å². The van der Waals surface area contributed by atoms with Crippen LogP contribution in [0.15, 0.2) is 273 Å². The third kappa shape index (κ3) is 10.5. The Kier molecular flexibility index (Phi) is 10.3. The van der Waals surface area contributed by atoms with Crippen molar-refractivity contribution in [2.45, 2.75) is 91.3 Å². The molecule has 1 aliphatic carbocycles. The van der Waals surface area contributed by atoms with Crippen LogP contribution in [0, 0.1) is 32.2 Å². The fraction of sp³-hybridized carbons (Fsp3) is 0.152. The second kappa shape index (κ2) is 24.3. The van der Waals surface area contributed by atoms with Crippen LogP contribution in [0.4, 0.5) is 0 Å². The average Bonchev–Trinajstić information content (AvgIpc) is 1.17. The van der Waals surface area contributed by atoms with E-state index in [0.717, 1.165) is 51.9 Å². The summed E-state index contributed by atoms with van der Waals surface area (Å²) in [6.45, 7) is 9.21. The van der Waals surface area contributed by atoms with Crippen molar-refractivity contribution in [2.75, 3.05) is 0 Å². The summed E-state index contributed by atoms with van der Waals surface area (Å²) in [6, 6.07) is 34.8. The van der Waals surface area contributed by atoms with E-state index >= 15 is 0 Å². The molecule has 0 unspecified atom stereocenters. The van der Waals surface area contributed by atoms with Crippen molar-refractivity contribution >= 4 is 61.7 Å². The predicted molar refractivity (Wildman–Crippen MR) is 408 cm³/mol. The van der Waals surface area contributed by atoms with Crippen LogP contribution in [0.5, 0.6) is 11.5 Å². The van der Waals surface area contributed by atoms with Gasteiger partial charge in [-0.05, 0) is 188 Å². The molecule has 0 bridgehead atoms. The Morgan fingerprint density at radius 3 is 1.86 bits per heavy atom. The van der Waals surface area contributed by atoms with Crippen LogP contribution in [0.3, 0.4) is 0 Å². The number of aryl methyl sites for hydroxylation is 2. The summed E-state index contributed by atoms with van der Waals surface area (Å²) in [5, 5.41) is -1.85. The Labute approximate surface area is 630 Å². The largest absolute Gasteiger partial charge is 0.510 e.